The van der Waals surface area contributed by atoms with E-state index in [4.69, 9.17) is 4.74 Å². The van der Waals surface area contributed by atoms with Gasteiger partial charge < -0.3 is 15.2 Å². The zero-order valence-corrected chi connectivity index (χ0v) is 13.4. The maximum absolute atomic E-state index is 9.27. The van der Waals surface area contributed by atoms with Gasteiger partial charge in [-0.25, -0.2) is 0 Å². The maximum Gasteiger partial charge on any atom is 0.118 e. The summed E-state index contributed by atoms with van der Waals surface area (Å²) in [6.45, 7) is 9.03. The molecule has 3 heteroatoms. The zero-order chi connectivity index (χ0) is 15.2. The van der Waals surface area contributed by atoms with Gasteiger partial charge in [0.05, 0.1) is 7.11 Å². The molecule has 0 saturated carbocycles. The van der Waals surface area contributed by atoms with E-state index in [9.17, 15) is 5.11 Å². The van der Waals surface area contributed by atoms with E-state index in [1.54, 1.807) is 7.11 Å². The van der Waals surface area contributed by atoms with Crippen molar-refractivity contribution >= 4 is 0 Å². The third-order valence-corrected chi connectivity index (χ3v) is 3.79. The second-order valence-electron chi connectivity index (χ2n) is 6.33. The summed E-state index contributed by atoms with van der Waals surface area (Å²) < 4.78 is 5.20. The molecular formula is C17H29NO2. The van der Waals surface area contributed by atoms with E-state index in [1.165, 1.54) is 5.56 Å². The molecule has 2 unspecified atom stereocenters. The summed E-state index contributed by atoms with van der Waals surface area (Å²) in [5.74, 6) is 0.881. The lowest BCUT2D eigenvalue weighted by atomic mass is 9.84. The molecule has 1 rings (SSSR count). The normalized spacial score (nSPS) is 14.9. The van der Waals surface area contributed by atoms with Gasteiger partial charge in [-0.15, -0.1) is 0 Å². The Kier molecular flexibility index (Phi) is 6.50. The van der Waals surface area contributed by atoms with E-state index in [0.717, 1.165) is 18.6 Å². The number of hydrogen-bond acceptors (Lipinski definition) is 3. The molecule has 0 spiro atoms. The molecule has 2 N–H and O–H groups in total. The Hall–Kier alpha value is -1.06. The molecule has 0 aliphatic carbocycles. The molecule has 0 aromatic heterocycles. The van der Waals surface area contributed by atoms with Crippen LogP contribution in [-0.4, -0.2) is 24.9 Å². The molecule has 0 aliphatic rings. The first-order valence-corrected chi connectivity index (χ1v) is 7.43. The van der Waals surface area contributed by atoms with Crippen LogP contribution in [0, 0.1) is 5.41 Å². The van der Waals surface area contributed by atoms with Crippen LogP contribution in [0.3, 0.4) is 0 Å². The molecule has 0 saturated heterocycles. The summed E-state index contributed by atoms with van der Waals surface area (Å²) in [5, 5.41) is 13.0. The predicted octanol–water partition coefficient (Wildman–Crippen LogP) is 3.53. The topological polar surface area (TPSA) is 41.5 Å². The van der Waals surface area contributed by atoms with Crippen molar-refractivity contribution in [3.8, 4) is 5.75 Å². The fourth-order valence-corrected chi connectivity index (χ4v) is 2.42. The summed E-state index contributed by atoms with van der Waals surface area (Å²) in [6, 6.07) is 8.81. The van der Waals surface area contributed by atoms with Crippen LogP contribution in [0.2, 0.25) is 0 Å². The van der Waals surface area contributed by atoms with E-state index in [1.807, 2.05) is 12.1 Å². The highest BCUT2D eigenvalue weighted by atomic mass is 16.5. The van der Waals surface area contributed by atoms with Crippen molar-refractivity contribution in [2.24, 2.45) is 5.41 Å². The van der Waals surface area contributed by atoms with Gasteiger partial charge >= 0.3 is 0 Å². The molecule has 0 amide bonds. The SMILES string of the molecule is CCC(NC(CCO)C(C)(C)C)c1ccc(OC)cc1. The van der Waals surface area contributed by atoms with Crippen LogP contribution in [0.5, 0.6) is 5.75 Å². The molecule has 20 heavy (non-hydrogen) atoms. The minimum Gasteiger partial charge on any atom is -0.497 e. The summed E-state index contributed by atoms with van der Waals surface area (Å²) in [4.78, 5) is 0. The van der Waals surface area contributed by atoms with Gasteiger partial charge in [0.15, 0.2) is 0 Å². The molecule has 114 valence electrons. The van der Waals surface area contributed by atoms with Crippen molar-refractivity contribution in [3.63, 3.8) is 0 Å². The highest BCUT2D eigenvalue weighted by Gasteiger charge is 2.26. The predicted molar refractivity (Wildman–Crippen MR) is 84.1 cm³/mol. The summed E-state index contributed by atoms with van der Waals surface area (Å²) in [7, 11) is 1.68. The van der Waals surface area contributed by atoms with Gasteiger partial charge in [0.2, 0.25) is 0 Å². The molecule has 0 bridgehead atoms. The third kappa shape index (κ3) is 4.80. The lowest BCUT2D eigenvalue weighted by molar-refractivity contribution is 0.184. The number of ether oxygens (including phenoxy) is 1. The number of aliphatic hydroxyl groups excluding tert-OH is 1. The van der Waals surface area contributed by atoms with E-state index < -0.39 is 0 Å². The first kappa shape index (κ1) is 17.0. The third-order valence-electron chi connectivity index (χ3n) is 3.79. The van der Waals surface area contributed by atoms with E-state index in [-0.39, 0.29) is 12.0 Å². The Morgan fingerprint density at radius 3 is 2.20 bits per heavy atom. The van der Waals surface area contributed by atoms with Crippen molar-refractivity contribution < 1.29 is 9.84 Å². The Morgan fingerprint density at radius 2 is 1.80 bits per heavy atom. The molecule has 0 radical (unpaired) electrons. The minimum atomic E-state index is 0.128. The fourth-order valence-electron chi connectivity index (χ4n) is 2.42. The first-order valence-electron chi connectivity index (χ1n) is 7.43. The van der Waals surface area contributed by atoms with E-state index in [0.29, 0.717) is 12.1 Å². The van der Waals surface area contributed by atoms with E-state index >= 15 is 0 Å². The van der Waals surface area contributed by atoms with Crippen molar-refractivity contribution in [2.75, 3.05) is 13.7 Å². The molecule has 3 nitrogen and oxygen atoms in total. The second kappa shape index (κ2) is 7.65. The van der Waals surface area contributed by atoms with Crippen molar-refractivity contribution in [1.82, 2.24) is 5.32 Å². The summed E-state index contributed by atoms with van der Waals surface area (Å²) >= 11 is 0. The molecule has 0 aliphatic heterocycles. The highest BCUT2D eigenvalue weighted by Crippen LogP contribution is 2.27. The van der Waals surface area contributed by atoms with Gasteiger partial charge in [0, 0.05) is 18.7 Å². The summed E-state index contributed by atoms with van der Waals surface area (Å²) in [6.07, 6.45) is 1.79. The van der Waals surface area contributed by atoms with Crippen molar-refractivity contribution in [1.29, 1.82) is 0 Å². The quantitative estimate of drug-likeness (QED) is 0.802. The van der Waals surface area contributed by atoms with Gasteiger partial charge in [-0.3, -0.25) is 0 Å². The smallest absolute Gasteiger partial charge is 0.118 e. The van der Waals surface area contributed by atoms with Gasteiger partial charge in [-0.1, -0.05) is 39.8 Å². The molecule has 2 atom stereocenters. The number of benzene rings is 1. The number of hydrogen-bond donors (Lipinski definition) is 2. The lowest BCUT2D eigenvalue weighted by Gasteiger charge is -2.35. The molecule has 1 aromatic rings. The number of nitrogens with one attached hydrogen (secondary N) is 1. The average molecular weight is 279 g/mol. The van der Waals surface area contributed by atoms with Crippen molar-refractivity contribution in [2.45, 2.75) is 52.6 Å². The lowest BCUT2D eigenvalue weighted by Crippen LogP contribution is -2.42. The second-order valence-corrected chi connectivity index (χ2v) is 6.33. The van der Waals surface area contributed by atoms with Gasteiger partial charge in [-0.05, 0) is 36.0 Å². The average Bonchev–Trinajstić information content (AvgIpc) is 2.42. The minimum absolute atomic E-state index is 0.128. The summed E-state index contributed by atoms with van der Waals surface area (Å²) in [5.41, 5.74) is 1.39. The monoisotopic (exact) mass is 279 g/mol. The highest BCUT2D eigenvalue weighted by molar-refractivity contribution is 5.29. The van der Waals surface area contributed by atoms with Crippen LogP contribution in [0.1, 0.15) is 52.1 Å². The van der Waals surface area contributed by atoms with Crippen LogP contribution in [0.25, 0.3) is 0 Å². The van der Waals surface area contributed by atoms with Gasteiger partial charge in [-0.2, -0.15) is 0 Å². The van der Waals surface area contributed by atoms with Crippen LogP contribution < -0.4 is 10.1 Å². The maximum atomic E-state index is 9.27. The molecule has 0 fully saturated rings. The zero-order valence-electron chi connectivity index (χ0n) is 13.4. The Balaban J connectivity index is 2.83. The van der Waals surface area contributed by atoms with Crippen LogP contribution >= 0.6 is 0 Å². The largest absolute Gasteiger partial charge is 0.497 e. The standard InChI is InChI=1S/C17H29NO2/c1-6-15(13-7-9-14(20-5)10-8-13)18-16(11-12-19)17(2,3)4/h7-10,15-16,18-19H,6,11-12H2,1-5H3. The van der Waals surface area contributed by atoms with Gasteiger partial charge in [0.25, 0.3) is 0 Å². The van der Waals surface area contributed by atoms with Crippen LogP contribution in [-0.2, 0) is 0 Å². The molecule has 0 heterocycles. The van der Waals surface area contributed by atoms with Crippen LogP contribution in [0.15, 0.2) is 24.3 Å². The Bertz CT molecular complexity index is 381. The van der Waals surface area contributed by atoms with E-state index in [2.05, 4.69) is 45.1 Å². The molecule has 1 aromatic carbocycles. The fraction of sp³-hybridized carbons (Fsp3) is 0.647. The number of methoxy groups -OCH3 is 1. The Labute approximate surface area is 123 Å². The Morgan fingerprint density at radius 1 is 1.20 bits per heavy atom. The first-order chi connectivity index (χ1) is 9.42. The molecular weight excluding hydrogens is 250 g/mol. The number of aliphatic hydroxyl groups is 1. The van der Waals surface area contributed by atoms with Gasteiger partial charge in [0.1, 0.15) is 5.75 Å². The van der Waals surface area contributed by atoms with Crippen molar-refractivity contribution in [3.05, 3.63) is 29.8 Å². The van der Waals surface area contributed by atoms with Crippen LogP contribution in [0.4, 0.5) is 0 Å². The number of rotatable bonds is 7.